The van der Waals surface area contributed by atoms with Crippen molar-refractivity contribution < 1.29 is 17.9 Å². The van der Waals surface area contributed by atoms with Crippen LogP contribution in [-0.4, -0.2) is 72.9 Å². The predicted molar refractivity (Wildman–Crippen MR) is 136 cm³/mol. The number of anilines is 2. The molecule has 0 bridgehead atoms. The Morgan fingerprint density at radius 2 is 1.94 bits per heavy atom. The minimum Gasteiger partial charge on any atom is -0.377 e. The van der Waals surface area contributed by atoms with E-state index < -0.39 is 15.3 Å². The maximum absolute atomic E-state index is 12.9. The normalized spacial score (nSPS) is 18.9. The molecule has 1 aromatic heterocycles. The number of benzene rings is 1. The van der Waals surface area contributed by atoms with Crippen molar-refractivity contribution in [2.75, 3.05) is 43.1 Å². The number of nitrogens with one attached hydrogen (secondary N) is 2. The van der Waals surface area contributed by atoms with Crippen molar-refractivity contribution in [2.45, 2.75) is 52.0 Å². The van der Waals surface area contributed by atoms with Crippen molar-refractivity contribution in [3.63, 3.8) is 0 Å². The highest BCUT2D eigenvalue weighted by molar-refractivity contribution is 7.89. The van der Waals surface area contributed by atoms with E-state index in [-0.39, 0.29) is 18.6 Å². The third-order valence-corrected chi connectivity index (χ3v) is 8.56. The molecule has 1 atom stereocenters. The van der Waals surface area contributed by atoms with Crippen LogP contribution in [0.5, 0.6) is 0 Å². The Morgan fingerprint density at radius 3 is 2.60 bits per heavy atom. The van der Waals surface area contributed by atoms with Gasteiger partial charge < -0.3 is 20.3 Å². The summed E-state index contributed by atoms with van der Waals surface area (Å²) in [5.74, 6) is 1.39. The van der Waals surface area contributed by atoms with Crippen LogP contribution in [-0.2, 0) is 27.7 Å². The van der Waals surface area contributed by atoms with E-state index >= 15 is 0 Å². The molecule has 2 aromatic rings. The highest BCUT2D eigenvalue weighted by Crippen LogP contribution is 2.32. The number of hydrogen-bond acceptors (Lipinski definition) is 7. The molecule has 1 fully saturated rings. The largest absolute Gasteiger partial charge is 0.377 e. The highest BCUT2D eigenvalue weighted by atomic mass is 32.2. The summed E-state index contributed by atoms with van der Waals surface area (Å²) in [5.41, 5.74) is 3.20. The maximum atomic E-state index is 12.9. The third kappa shape index (κ3) is 5.41. The van der Waals surface area contributed by atoms with E-state index in [1.807, 2.05) is 19.1 Å². The summed E-state index contributed by atoms with van der Waals surface area (Å²) in [6.45, 7) is 10.5. The Labute approximate surface area is 207 Å². The molecule has 0 spiro atoms. The standard InChI is InChI=1S/C24H34N6O4S/c1-5-25-24(31)26-19-8-6-18(7-9-19)22-27-21-14-29(35(32,33)16(2)3)11-10-20(21)23(28-22)30-12-13-34-15-17(30)4/h6-9,16-17H,5,10-15H2,1-4H3,(H2,25,26,31)/t17-/m0/s1. The summed E-state index contributed by atoms with van der Waals surface area (Å²) in [7, 11) is -3.40. The molecule has 0 aliphatic carbocycles. The second-order valence-corrected chi connectivity index (χ2v) is 11.6. The molecule has 2 amide bonds. The van der Waals surface area contributed by atoms with Gasteiger partial charge in [0.15, 0.2) is 5.82 Å². The van der Waals surface area contributed by atoms with Crippen LogP contribution in [0.4, 0.5) is 16.3 Å². The van der Waals surface area contributed by atoms with Gasteiger partial charge in [0.25, 0.3) is 0 Å². The van der Waals surface area contributed by atoms with Gasteiger partial charge in [-0.15, -0.1) is 0 Å². The Kier molecular flexibility index (Phi) is 7.58. The van der Waals surface area contributed by atoms with Crippen LogP contribution in [0.1, 0.15) is 39.0 Å². The number of sulfonamides is 1. The zero-order valence-electron chi connectivity index (χ0n) is 20.7. The van der Waals surface area contributed by atoms with Gasteiger partial charge in [0.1, 0.15) is 5.82 Å². The van der Waals surface area contributed by atoms with Crippen LogP contribution in [0.15, 0.2) is 24.3 Å². The molecule has 2 aliphatic rings. The molecular formula is C24H34N6O4S. The van der Waals surface area contributed by atoms with Gasteiger partial charge in [0, 0.05) is 36.4 Å². The number of rotatable bonds is 6. The van der Waals surface area contributed by atoms with Gasteiger partial charge in [-0.3, -0.25) is 0 Å². The average Bonchev–Trinajstić information content (AvgIpc) is 2.84. The predicted octanol–water partition coefficient (Wildman–Crippen LogP) is 2.61. The molecule has 10 nitrogen and oxygen atoms in total. The van der Waals surface area contributed by atoms with Crippen molar-refractivity contribution in [1.29, 1.82) is 0 Å². The first-order valence-corrected chi connectivity index (χ1v) is 13.6. The summed E-state index contributed by atoms with van der Waals surface area (Å²) in [4.78, 5) is 23.9. The van der Waals surface area contributed by atoms with Crippen LogP contribution < -0.4 is 15.5 Å². The molecule has 35 heavy (non-hydrogen) atoms. The second kappa shape index (κ2) is 10.5. The van der Waals surface area contributed by atoms with Crippen molar-refractivity contribution >= 4 is 27.6 Å². The number of fused-ring (bicyclic) bond motifs is 1. The quantitative estimate of drug-likeness (QED) is 0.624. The Bertz CT molecular complexity index is 1170. The number of amides is 2. The van der Waals surface area contributed by atoms with Crippen molar-refractivity contribution in [1.82, 2.24) is 19.6 Å². The number of ether oxygens (including phenoxy) is 1. The molecule has 3 heterocycles. The van der Waals surface area contributed by atoms with Gasteiger partial charge in [-0.2, -0.15) is 4.31 Å². The molecule has 4 rings (SSSR count). The van der Waals surface area contributed by atoms with Gasteiger partial charge in [-0.25, -0.2) is 23.2 Å². The lowest BCUT2D eigenvalue weighted by molar-refractivity contribution is 0.0984. The van der Waals surface area contributed by atoms with Crippen LogP contribution >= 0.6 is 0 Å². The fraction of sp³-hybridized carbons (Fsp3) is 0.542. The van der Waals surface area contributed by atoms with Crippen molar-refractivity contribution in [2.24, 2.45) is 0 Å². The lowest BCUT2D eigenvalue weighted by Crippen LogP contribution is -2.46. The number of urea groups is 1. The topological polar surface area (TPSA) is 117 Å². The Morgan fingerprint density at radius 1 is 1.20 bits per heavy atom. The van der Waals surface area contributed by atoms with Gasteiger partial charge in [0.05, 0.1) is 36.7 Å². The van der Waals surface area contributed by atoms with Crippen LogP contribution in [0, 0.1) is 0 Å². The minimum atomic E-state index is -3.40. The summed E-state index contributed by atoms with van der Waals surface area (Å²) < 4.78 is 32.9. The zero-order chi connectivity index (χ0) is 25.2. The molecular weight excluding hydrogens is 468 g/mol. The molecule has 0 unspecified atom stereocenters. The Balaban J connectivity index is 1.72. The average molecular weight is 503 g/mol. The number of morpholine rings is 1. The fourth-order valence-electron chi connectivity index (χ4n) is 4.35. The van der Waals surface area contributed by atoms with Crippen LogP contribution in [0.3, 0.4) is 0 Å². The summed E-state index contributed by atoms with van der Waals surface area (Å²) >= 11 is 0. The number of carbonyl (C=O) groups excluding carboxylic acids is 1. The second-order valence-electron chi connectivity index (χ2n) is 9.15. The molecule has 11 heteroatoms. The first-order chi connectivity index (χ1) is 16.7. The van der Waals surface area contributed by atoms with E-state index in [2.05, 4.69) is 22.5 Å². The van der Waals surface area contributed by atoms with E-state index in [9.17, 15) is 13.2 Å². The lowest BCUT2D eigenvalue weighted by Gasteiger charge is -2.37. The summed E-state index contributed by atoms with van der Waals surface area (Å²) in [5, 5.41) is 5.00. The first-order valence-electron chi connectivity index (χ1n) is 12.1. The third-order valence-electron chi connectivity index (χ3n) is 6.34. The van der Waals surface area contributed by atoms with E-state index in [1.165, 1.54) is 4.31 Å². The smallest absolute Gasteiger partial charge is 0.319 e. The number of aromatic nitrogens is 2. The van der Waals surface area contributed by atoms with Crippen LogP contribution in [0.2, 0.25) is 0 Å². The van der Waals surface area contributed by atoms with Gasteiger partial charge in [-0.1, -0.05) is 0 Å². The van der Waals surface area contributed by atoms with Gasteiger partial charge in [0.2, 0.25) is 10.0 Å². The van der Waals surface area contributed by atoms with Gasteiger partial charge >= 0.3 is 6.03 Å². The van der Waals surface area contributed by atoms with E-state index in [1.54, 1.807) is 26.0 Å². The molecule has 1 saturated heterocycles. The summed E-state index contributed by atoms with van der Waals surface area (Å²) in [6.07, 6.45) is 0.566. The van der Waals surface area contributed by atoms with Crippen molar-refractivity contribution in [3.05, 3.63) is 35.5 Å². The van der Waals surface area contributed by atoms with E-state index in [0.29, 0.717) is 50.8 Å². The number of hydrogen-bond donors (Lipinski definition) is 2. The van der Waals surface area contributed by atoms with Crippen LogP contribution in [0.25, 0.3) is 11.4 Å². The molecule has 190 valence electrons. The lowest BCUT2D eigenvalue weighted by atomic mass is 10.0. The molecule has 1 aromatic carbocycles. The number of nitrogens with zero attached hydrogens (tertiary/aromatic N) is 4. The molecule has 2 aliphatic heterocycles. The Hall–Kier alpha value is -2.76. The summed E-state index contributed by atoms with van der Waals surface area (Å²) in [6, 6.07) is 7.22. The fourth-order valence-corrected chi connectivity index (χ4v) is 5.59. The maximum Gasteiger partial charge on any atom is 0.319 e. The first kappa shape index (κ1) is 25.3. The zero-order valence-corrected chi connectivity index (χ0v) is 21.6. The molecule has 0 radical (unpaired) electrons. The molecule has 0 saturated carbocycles. The highest BCUT2D eigenvalue weighted by Gasteiger charge is 2.34. The number of carbonyl (C=O) groups is 1. The van der Waals surface area contributed by atoms with E-state index in [4.69, 9.17) is 14.7 Å². The SMILES string of the molecule is CCNC(=O)Nc1ccc(-c2nc3c(c(N4CCOC[C@@H]4C)n2)CCN(S(=O)(=O)C(C)C)C3)cc1. The van der Waals surface area contributed by atoms with E-state index in [0.717, 1.165) is 22.6 Å². The minimum absolute atomic E-state index is 0.150. The molecule has 2 N–H and O–H groups in total. The van der Waals surface area contributed by atoms with Crippen molar-refractivity contribution in [3.8, 4) is 11.4 Å². The van der Waals surface area contributed by atoms with Gasteiger partial charge in [-0.05, 0) is 58.4 Å². The monoisotopic (exact) mass is 502 g/mol.